The van der Waals surface area contributed by atoms with E-state index >= 15 is 0 Å². The summed E-state index contributed by atoms with van der Waals surface area (Å²) in [5.74, 6) is 0.677. The molecular formula is C72H57BN4. The highest BCUT2D eigenvalue weighted by molar-refractivity contribution is 7.00. The van der Waals surface area contributed by atoms with E-state index in [4.69, 9.17) is 9.97 Å². The Morgan fingerprint density at radius 1 is 0.338 bits per heavy atom. The summed E-state index contributed by atoms with van der Waals surface area (Å²) in [7, 11) is 0. The van der Waals surface area contributed by atoms with Crippen LogP contribution in [0.15, 0.2) is 237 Å². The lowest BCUT2D eigenvalue weighted by Crippen LogP contribution is -2.61. The molecule has 12 aromatic rings. The van der Waals surface area contributed by atoms with E-state index in [0.29, 0.717) is 5.82 Å². The number of fused-ring (bicyclic) bond motifs is 7. The number of aromatic nitrogens is 2. The maximum absolute atomic E-state index is 5.77. The fourth-order valence-corrected chi connectivity index (χ4v) is 12.1. The van der Waals surface area contributed by atoms with Crippen LogP contribution in [0.25, 0.3) is 77.3 Å². The first-order valence-electron chi connectivity index (χ1n) is 27.0. The zero-order chi connectivity index (χ0) is 52.2. The molecule has 0 radical (unpaired) electrons. The zero-order valence-electron chi connectivity index (χ0n) is 44.4. The van der Waals surface area contributed by atoms with Gasteiger partial charge in [-0.3, -0.25) is 0 Å². The van der Waals surface area contributed by atoms with E-state index < -0.39 is 0 Å². The summed E-state index contributed by atoms with van der Waals surface area (Å²) >= 11 is 0. The van der Waals surface area contributed by atoms with Crippen molar-refractivity contribution in [2.24, 2.45) is 0 Å². The number of hydrogen-bond donors (Lipinski definition) is 0. The van der Waals surface area contributed by atoms with Crippen LogP contribution in [0.4, 0.5) is 34.1 Å². The summed E-state index contributed by atoms with van der Waals surface area (Å²) in [6.45, 7) is 13.7. The second kappa shape index (κ2) is 17.8. The Labute approximate surface area is 452 Å². The molecule has 0 fully saturated rings. The maximum Gasteiger partial charge on any atom is 0.252 e. The number of benzene rings is 11. The molecule has 368 valence electrons. The molecule has 1 aromatic heterocycles. The van der Waals surface area contributed by atoms with Crippen molar-refractivity contribution in [3.8, 4) is 44.9 Å². The third kappa shape index (κ3) is 7.99. The number of nitrogens with zero attached hydrogens (tertiary/aromatic N) is 4. The van der Waals surface area contributed by atoms with Crippen molar-refractivity contribution >= 4 is 89.7 Å². The topological polar surface area (TPSA) is 32.3 Å². The summed E-state index contributed by atoms with van der Waals surface area (Å²) in [5.41, 5.74) is 21.5. The lowest BCUT2D eigenvalue weighted by atomic mass is 9.33. The monoisotopic (exact) mass is 988 g/mol. The van der Waals surface area contributed by atoms with Crippen LogP contribution in [0, 0.1) is 0 Å². The molecule has 0 aliphatic carbocycles. The molecule has 0 atom stereocenters. The molecule has 14 rings (SSSR count). The molecule has 5 heteroatoms. The molecule has 0 N–H and O–H groups in total. The van der Waals surface area contributed by atoms with Gasteiger partial charge in [-0.05, 0) is 155 Å². The molecule has 11 aromatic carbocycles. The Morgan fingerprint density at radius 3 is 1.22 bits per heavy atom. The molecule has 0 amide bonds. The van der Waals surface area contributed by atoms with E-state index in [1.807, 2.05) is 0 Å². The van der Waals surface area contributed by atoms with E-state index in [1.165, 1.54) is 60.4 Å². The minimum absolute atomic E-state index is 0.0114. The zero-order valence-corrected chi connectivity index (χ0v) is 44.4. The van der Waals surface area contributed by atoms with E-state index in [-0.39, 0.29) is 17.5 Å². The van der Waals surface area contributed by atoms with Gasteiger partial charge in [-0.15, -0.1) is 0 Å². The first kappa shape index (κ1) is 46.5. The van der Waals surface area contributed by atoms with E-state index in [1.54, 1.807) is 0 Å². The van der Waals surface area contributed by atoms with Gasteiger partial charge in [0.2, 0.25) is 0 Å². The average molecular weight is 989 g/mol. The van der Waals surface area contributed by atoms with E-state index in [2.05, 4.69) is 288 Å². The van der Waals surface area contributed by atoms with Gasteiger partial charge >= 0.3 is 0 Å². The molecule has 0 unspecified atom stereocenters. The van der Waals surface area contributed by atoms with Gasteiger partial charge in [-0.25, -0.2) is 9.97 Å². The maximum atomic E-state index is 5.77. The van der Waals surface area contributed by atoms with Gasteiger partial charge < -0.3 is 9.80 Å². The first-order chi connectivity index (χ1) is 37.4. The van der Waals surface area contributed by atoms with Crippen LogP contribution in [-0.4, -0.2) is 16.7 Å². The Bertz CT molecular complexity index is 4060. The van der Waals surface area contributed by atoms with Crippen molar-refractivity contribution < 1.29 is 0 Å². The quantitative estimate of drug-likeness (QED) is 0.155. The fraction of sp³-hybridized carbons (Fsp3) is 0.111. The van der Waals surface area contributed by atoms with Crippen molar-refractivity contribution in [1.82, 2.24) is 9.97 Å². The number of anilines is 6. The summed E-state index contributed by atoms with van der Waals surface area (Å²) in [5, 5.41) is 5.86. The lowest BCUT2D eigenvalue weighted by Gasteiger charge is -2.45. The molecule has 3 heterocycles. The van der Waals surface area contributed by atoms with Gasteiger partial charge in [0, 0.05) is 50.6 Å². The minimum Gasteiger partial charge on any atom is -0.311 e. The van der Waals surface area contributed by atoms with Crippen LogP contribution >= 0.6 is 0 Å². The normalized spacial score (nSPS) is 13.0. The largest absolute Gasteiger partial charge is 0.311 e. The average Bonchev–Trinajstić information content (AvgIpc) is 3.65. The van der Waals surface area contributed by atoms with Gasteiger partial charge in [0.15, 0.2) is 5.82 Å². The molecule has 2 aliphatic rings. The minimum atomic E-state index is -0.0849. The number of rotatable bonds is 6. The standard InChI is InChI=1S/C72H57BN4/c1-71(2,3)56-29-33-58(34-30-56)76-64-42-50-25-15-13-23-48(50)40-61(64)73-62-41-49-24-14-16-26-51(49)43-65(62)77(59-35-31-57(32-36-59)72(4,5)6)67-45-54(44-66(76)68(67)73)69-60-27-17-18-28-63(60)74-70(75-69)55-38-52(46-19-9-7-10-20-46)37-53(39-55)47-21-11-8-12-22-47/h7-45H,1-6H3. The molecule has 2 aliphatic heterocycles. The summed E-state index contributed by atoms with van der Waals surface area (Å²) < 4.78 is 0. The molecule has 0 bridgehead atoms. The Morgan fingerprint density at radius 2 is 0.753 bits per heavy atom. The van der Waals surface area contributed by atoms with Crippen molar-refractivity contribution in [2.75, 3.05) is 9.80 Å². The Kier molecular flexibility index (Phi) is 10.7. The van der Waals surface area contributed by atoms with Crippen LogP contribution in [0.5, 0.6) is 0 Å². The SMILES string of the molecule is CC(C)(C)c1ccc(N2c3cc4ccccc4cc3B3c4cc5ccccc5cc4N(c4ccc(C(C)(C)C)cc4)c4cc(-c5nc(-c6cc(-c7ccccc7)cc(-c7ccccc7)c6)nc6ccccc56)cc2c43)cc1. The highest BCUT2D eigenvalue weighted by atomic mass is 15.2. The van der Waals surface area contributed by atoms with Crippen molar-refractivity contribution in [2.45, 2.75) is 52.4 Å². The first-order valence-corrected chi connectivity index (χ1v) is 27.0. The lowest BCUT2D eigenvalue weighted by molar-refractivity contribution is 0.590. The van der Waals surface area contributed by atoms with E-state index in [0.717, 1.165) is 72.7 Å². The molecule has 0 saturated carbocycles. The predicted octanol–water partition coefficient (Wildman–Crippen LogP) is 17.3. The Hall–Kier alpha value is -9.06. The van der Waals surface area contributed by atoms with Gasteiger partial charge in [-0.2, -0.15) is 0 Å². The molecular weight excluding hydrogens is 932 g/mol. The van der Waals surface area contributed by atoms with Gasteiger partial charge in [-0.1, -0.05) is 205 Å². The van der Waals surface area contributed by atoms with Crippen molar-refractivity contribution in [3.05, 3.63) is 248 Å². The Balaban J connectivity index is 1.09. The van der Waals surface area contributed by atoms with Crippen LogP contribution < -0.4 is 26.2 Å². The molecule has 0 spiro atoms. The predicted molar refractivity (Wildman–Crippen MR) is 328 cm³/mol. The van der Waals surface area contributed by atoms with E-state index in [9.17, 15) is 0 Å². The highest BCUT2D eigenvalue weighted by Crippen LogP contribution is 2.48. The second-order valence-electron chi connectivity index (χ2n) is 23.1. The van der Waals surface area contributed by atoms with Gasteiger partial charge in [0.05, 0.1) is 11.2 Å². The van der Waals surface area contributed by atoms with Crippen molar-refractivity contribution in [3.63, 3.8) is 0 Å². The van der Waals surface area contributed by atoms with Crippen LogP contribution in [0.3, 0.4) is 0 Å². The van der Waals surface area contributed by atoms with Crippen LogP contribution in [-0.2, 0) is 10.8 Å². The van der Waals surface area contributed by atoms with Crippen LogP contribution in [0.2, 0.25) is 0 Å². The summed E-state index contributed by atoms with van der Waals surface area (Å²) in [6, 6.07) is 87.6. The third-order valence-electron chi connectivity index (χ3n) is 16.1. The van der Waals surface area contributed by atoms with Crippen molar-refractivity contribution in [1.29, 1.82) is 0 Å². The number of para-hydroxylation sites is 1. The smallest absolute Gasteiger partial charge is 0.252 e. The summed E-state index contributed by atoms with van der Waals surface area (Å²) in [6.07, 6.45) is 0. The van der Waals surface area contributed by atoms with Gasteiger partial charge in [0.25, 0.3) is 6.71 Å². The second-order valence-corrected chi connectivity index (χ2v) is 23.1. The molecule has 0 saturated heterocycles. The molecule has 77 heavy (non-hydrogen) atoms. The third-order valence-corrected chi connectivity index (χ3v) is 16.1. The molecule has 4 nitrogen and oxygen atoms in total. The number of hydrogen-bond acceptors (Lipinski definition) is 4. The van der Waals surface area contributed by atoms with Gasteiger partial charge in [0.1, 0.15) is 0 Å². The fourth-order valence-electron chi connectivity index (χ4n) is 12.1. The van der Waals surface area contributed by atoms with Crippen LogP contribution in [0.1, 0.15) is 52.7 Å². The highest BCUT2D eigenvalue weighted by Gasteiger charge is 2.44. The summed E-state index contributed by atoms with van der Waals surface area (Å²) in [4.78, 5) is 16.3.